The third-order valence-corrected chi connectivity index (χ3v) is 1.09. The summed E-state index contributed by atoms with van der Waals surface area (Å²) in [6, 6.07) is 0. The molecule has 0 aliphatic heterocycles. The molecule has 0 heterocycles. The minimum atomic E-state index is 1.10. The molecule has 0 rings (SSSR count). The zero-order valence-corrected chi connectivity index (χ0v) is 5.16. The average Bonchev–Trinajstić information content (AvgIpc) is 1.69. The van der Waals surface area contributed by atoms with Crippen LogP contribution >= 0.6 is 11.8 Å². The Morgan fingerprint density at radius 1 is 1.86 bits per heavy atom. The fourth-order valence-electron chi connectivity index (χ4n) is 0.184. The van der Waals surface area contributed by atoms with Crippen LogP contribution in [0, 0.1) is 12.3 Å². The highest BCUT2D eigenvalue weighted by atomic mass is 32.2. The first-order chi connectivity index (χ1) is 3.41. The van der Waals surface area contributed by atoms with Gasteiger partial charge in [0.25, 0.3) is 0 Å². The standard InChI is InChI=1S/C6H8S/c1-3-5-6-7-4-2/h1,5-6H,4H2,2H3. The third kappa shape index (κ3) is 5.65. The second-order valence-corrected chi connectivity index (χ2v) is 2.11. The number of allylic oxidation sites excluding steroid dienone is 1. The molecule has 0 N–H and O–H groups in total. The van der Waals surface area contributed by atoms with Crippen molar-refractivity contribution in [1.82, 2.24) is 0 Å². The Bertz CT molecular complexity index is 86.8. The summed E-state index contributed by atoms with van der Waals surface area (Å²) in [4.78, 5) is 0. The van der Waals surface area contributed by atoms with Gasteiger partial charge in [0.05, 0.1) is 0 Å². The lowest BCUT2D eigenvalue weighted by Crippen LogP contribution is -1.54. The number of hydrogen-bond acceptors (Lipinski definition) is 1. The largest absolute Gasteiger partial charge is 0.134 e. The molecule has 1 heteroatoms. The molecule has 0 aromatic rings. The molecular weight excluding hydrogens is 104 g/mol. The molecule has 0 spiro atoms. The van der Waals surface area contributed by atoms with Crippen molar-refractivity contribution in [2.75, 3.05) is 5.75 Å². The average molecular weight is 112 g/mol. The predicted molar refractivity (Wildman–Crippen MR) is 36.1 cm³/mol. The Kier molecular flexibility index (Phi) is 5.37. The van der Waals surface area contributed by atoms with Crippen molar-refractivity contribution in [3.8, 4) is 12.3 Å². The van der Waals surface area contributed by atoms with Gasteiger partial charge in [-0.25, -0.2) is 0 Å². The van der Waals surface area contributed by atoms with Crippen molar-refractivity contribution < 1.29 is 0 Å². The Hall–Kier alpha value is -0.350. The minimum absolute atomic E-state index is 1.10. The zero-order chi connectivity index (χ0) is 5.54. The van der Waals surface area contributed by atoms with Crippen molar-refractivity contribution in [2.24, 2.45) is 0 Å². The number of terminal acetylenes is 1. The van der Waals surface area contributed by atoms with Crippen LogP contribution in [0.1, 0.15) is 6.92 Å². The smallest absolute Gasteiger partial charge is 0.00542 e. The van der Waals surface area contributed by atoms with E-state index in [1.165, 1.54) is 0 Å². The first-order valence-corrected chi connectivity index (χ1v) is 3.19. The van der Waals surface area contributed by atoms with Crippen LogP contribution in [0.5, 0.6) is 0 Å². The van der Waals surface area contributed by atoms with Crippen molar-refractivity contribution in [1.29, 1.82) is 0 Å². The van der Waals surface area contributed by atoms with E-state index in [-0.39, 0.29) is 0 Å². The lowest BCUT2D eigenvalue weighted by Gasteiger charge is -1.76. The SMILES string of the molecule is C#CC=CSCC. The number of thioether (sulfide) groups is 1. The quantitative estimate of drug-likeness (QED) is 0.491. The topological polar surface area (TPSA) is 0 Å². The van der Waals surface area contributed by atoms with Gasteiger partial charge in [-0.15, -0.1) is 18.2 Å². The zero-order valence-electron chi connectivity index (χ0n) is 4.35. The van der Waals surface area contributed by atoms with E-state index < -0.39 is 0 Å². The van der Waals surface area contributed by atoms with Crippen LogP contribution < -0.4 is 0 Å². The Morgan fingerprint density at radius 2 is 2.57 bits per heavy atom. The van der Waals surface area contributed by atoms with Crippen LogP contribution in [0.4, 0.5) is 0 Å². The highest BCUT2D eigenvalue weighted by molar-refractivity contribution is 8.02. The van der Waals surface area contributed by atoms with Crippen molar-refractivity contribution in [2.45, 2.75) is 6.92 Å². The van der Waals surface area contributed by atoms with Crippen LogP contribution in [-0.4, -0.2) is 5.75 Å². The summed E-state index contributed by atoms with van der Waals surface area (Å²) in [5.74, 6) is 3.50. The lowest BCUT2D eigenvalue weighted by molar-refractivity contribution is 1.54. The van der Waals surface area contributed by atoms with Gasteiger partial charge in [-0.2, -0.15) is 0 Å². The van der Waals surface area contributed by atoms with Gasteiger partial charge in [0, 0.05) is 0 Å². The molecule has 0 bridgehead atoms. The van der Waals surface area contributed by atoms with Crippen LogP contribution in [-0.2, 0) is 0 Å². The highest BCUT2D eigenvalue weighted by Crippen LogP contribution is 1.97. The maximum absolute atomic E-state index is 4.92. The molecule has 0 saturated heterocycles. The summed E-state index contributed by atoms with van der Waals surface area (Å²) in [5, 5.41) is 1.92. The Labute approximate surface area is 49.0 Å². The molecule has 0 nitrogen and oxygen atoms in total. The highest BCUT2D eigenvalue weighted by Gasteiger charge is 1.65. The van der Waals surface area contributed by atoms with E-state index in [1.54, 1.807) is 17.8 Å². The number of rotatable bonds is 2. The maximum atomic E-state index is 4.92. The van der Waals surface area contributed by atoms with E-state index in [4.69, 9.17) is 6.42 Å². The molecule has 0 amide bonds. The minimum Gasteiger partial charge on any atom is -0.134 e. The van der Waals surface area contributed by atoms with E-state index in [2.05, 4.69) is 12.8 Å². The first kappa shape index (κ1) is 6.65. The fourth-order valence-corrected chi connectivity index (χ4v) is 0.551. The normalized spacial score (nSPS) is 9.14. The van der Waals surface area contributed by atoms with Crippen molar-refractivity contribution >= 4 is 11.8 Å². The lowest BCUT2D eigenvalue weighted by atomic mass is 10.7. The van der Waals surface area contributed by atoms with Gasteiger partial charge >= 0.3 is 0 Å². The first-order valence-electron chi connectivity index (χ1n) is 2.14. The summed E-state index contributed by atoms with van der Waals surface area (Å²) in [6.45, 7) is 2.09. The molecule has 0 aliphatic carbocycles. The Balaban J connectivity index is 2.97. The number of hydrogen-bond donors (Lipinski definition) is 0. The molecule has 0 aromatic carbocycles. The van der Waals surface area contributed by atoms with Gasteiger partial charge in [-0.3, -0.25) is 0 Å². The summed E-state index contributed by atoms with van der Waals surface area (Å²) < 4.78 is 0. The van der Waals surface area contributed by atoms with Crippen LogP contribution in [0.15, 0.2) is 11.5 Å². The van der Waals surface area contributed by atoms with Gasteiger partial charge < -0.3 is 0 Å². The van der Waals surface area contributed by atoms with Crippen LogP contribution in [0.2, 0.25) is 0 Å². The Morgan fingerprint density at radius 3 is 3.00 bits per heavy atom. The maximum Gasteiger partial charge on any atom is -0.00542 e. The molecule has 0 unspecified atom stereocenters. The summed E-state index contributed by atoms with van der Waals surface area (Å²) in [6.07, 6.45) is 6.62. The summed E-state index contributed by atoms with van der Waals surface area (Å²) >= 11 is 1.71. The van der Waals surface area contributed by atoms with Gasteiger partial charge in [0.2, 0.25) is 0 Å². The van der Waals surface area contributed by atoms with E-state index >= 15 is 0 Å². The van der Waals surface area contributed by atoms with Gasteiger partial charge in [-0.05, 0) is 17.2 Å². The van der Waals surface area contributed by atoms with Gasteiger partial charge in [0.1, 0.15) is 0 Å². The molecular formula is C6H8S. The molecule has 0 saturated carbocycles. The van der Waals surface area contributed by atoms with Crippen LogP contribution in [0.25, 0.3) is 0 Å². The van der Waals surface area contributed by atoms with E-state index in [9.17, 15) is 0 Å². The molecule has 0 aliphatic rings. The molecule has 0 atom stereocenters. The van der Waals surface area contributed by atoms with E-state index in [0.29, 0.717) is 0 Å². The van der Waals surface area contributed by atoms with Crippen molar-refractivity contribution in [3.05, 3.63) is 11.5 Å². The summed E-state index contributed by atoms with van der Waals surface area (Å²) in [7, 11) is 0. The van der Waals surface area contributed by atoms with Gasteiger partial charge in [0.15, 0.2) is 0 Å². The molecule has 0 aromatic heterocycles. The van der Waals surface area contributed by atoms with E-state index in [0.717, 1.165) is 5.75 Å². The monoisotopic (exact) mass is 112 g/mol. The van der Waals surface area contributed by atoms with E-state index in [1.807, 2.05) is 5.41 Å². The van der Waals surface area contributed by atoms with Crippen LogP contribution in [0.3, 0.4) is 0 Å². The molecule has 38 valence electrons. The second-order valence-electron chi connectivity index (χ2n) is 0.925. The molecule has 0 fully saturated rings. The van der Waals surface area contributed by atoms with Gasteiger partial charge in [-0.1, -0.05) is 12.8 Å². The third-order valence-electron chi connectivity index (χ3n) is 0.427. The fraction of sp³-hybridized carbons (Fsp3) is 0.333. The van der Waals surface area contributed by atoms with Crippen molar-refractivity contribution in [3.63, 3.8) is 0 Å². The molecule has 0 radical (unpaired) electrons. The predicted octanol–water partition coefficient (Wildman–Crippen LogP) is 1.89. The molecule has 7 heavy (non-hydrogen) atoms. The second kappa shape index (κ2) is 5.65. The summed E-state index contributed by atoms with van der Waals surface area (Å²) in [5.41, 5.74) is 0.